The molecule has 0 radical (unpaired) electrons. The molecule has 1 aliphatic heterocycles. The number of carboxylic acids is 1. The molecule has 0 amide bonds. The molecule has 4 atom stereocenters. The van der Waals surface area contributed by atoms with E-state index in [0.29, 0.717) is 0 Å². The predicted octanol–water partition coefficient (Wildman–Crippen LogP) is 1.63. The number of aliphatic carboxylic acids is 1. The molecule has 0 saturated heterocycles. The average molecular weight is 192 g/mol. The first kappa shape index (κ1) is 8.15. The van der Waals surface area contributed by atoms with E-state index in [4.69, 9.17) is 5.11 Å². The first-order chi connectivity index (χ1) is 6.60. The Morgan fingerprint density at radius 2 is 2.43 bits per heavy atom. The van der Waals surface area contributed by atoms with Crippen molar-refractivity contribution in [3.05, 3.63) is 11.6 Å². The number of rotatable bonds is 1. The van der Waals surface area contributed by atoms with Crippen LogP contribution in [0.2, 0.25) is 0 Å². The lowest BCUT2D eigenvalue weighted by atomic mass is 9.76. The number of azo groups is 1. The van der Waals surface area contributed by atoms with Gasteiger partial charge in [0.25, 0.3) is 0 Å². The highest BCUT2D eigenvalue weighted by atomic mass is 16.4. The molecular weight excluding hydrogens is 180 g/mol. The van der Waals surface area contributed by atoms with Gasteiger partial charge in [-0.05, 0) is 12.8 Å². The first-order valence-corrected chi connectivity index (χ1v) is 4.95. The molecule has 1 fully saturated rings. The van der Waals surface area contributed by atoms with Crippen molar-refractivity contribution in [2.24, 2.45) is 21.6 Å². The summed E-state index contributed by atoms with van der Waals surface area (Å²) >= 11 is 0. The molecule has 0 aromatic rings. The average Bonchev–Trinajstić information content (AvgIpc) is 2.57. The van der Waals surface area contributed by atoms with Crippen LogP contribution in [0.15, 0.2) is 21.9 Å². The van der Waals surface area contributed by atoms with E-state index in [-0.39, 0.29) is 17.4 Å². The topological polar surface area (TPSA) is 62.0 Å². The Labute approximate surface area is 81.7 Å². The van der Waals surface area contributed by atoms with Gasteiger partial charge in [0, 0.05) is 11.3 Å². The first-order valence-electron chi connectivity index (χ1n) is 4.95. The highest BCUT2D eigenvalue weighted by Crippen LogP contribution is 2.57. The lowest BCUT2D eigenvalue weighted by Crippen LogP contribution is -2.34. The summed E-state index contributed by atoms with van der Waals surface area (Å²) in [5.74, 6) is -0.708. The van der Waals surface area contributed by atoms with Crippen LogP contribution in [0.5, 0.6) is 0 Å². The van der Waals surface area contributed by atoms with E-state index >= 15 is 0 Å². The minimum atomic E-state index is -0.828. The van der Waals surface area contributed by atoms with Crippen LogP contribution in [-0.4, -0.2) is 23.2 Å². The highest BCUT2D eigenvalue weighted by molar-refractivity contribution is 5.74. The van der Waals surface area contributed by atoms with Gasteiger partial charge in [0.1, 0.15) is 0 Å². The van der Waals surface area contributed by atoms with Crippen LogP contribution >= 0.6 is 0 Å². The molecule has 14 heavy (non-hydrogen) atoms. The fraction of sp³-hybridized carbons (Fsp3) is 0.700. The fourth-order valence-electron chi connectivity index (χ4n) is 2.73. The Hall–Kier alpha value is -1.19. The third-order valence-electron chi connectivity index (χ3n) is 3.72. The standard InChI is InChI=1S/C10H12N2O2/c1-10-3-5(10)2-6-7(4-10)11-12-8(6)9(13)14/h3,6-8H,2,4H2,1H3,(H,13,14). The Bertz CT molecular complexity index is 374. The van der Waals surface area contributed by atoms with Gasteiger partial charge < -0.3 is 5.11 Å². The number of fused-ring (bicyclic) bond motifs is 2. The highest BCUT2D eigenvalue weighted by Gasteiger charge is 2.53. The molecule has 2 aliphatic carbocycles. The Morgan fingerprint density at radius 1 is 1.64 bits per heavy atom. The maximum atomic E-state index is 10.9. The summed E-state index contributed by atoms with van der Waals surface area (Å²) in [5.41, 5.74) is 1.67. The number of hydrogen-bond acceptors (Lipinski definition) is 3. The molecule has 4 nitrogen and oxygen atoms in total. The van der Waals surface area contributed by atoms with Gasteiger partial charge in [-0.2, -0.15) is 10.2 Å². The summed E-state index contributed by atoms with van der Waals surface area (Å²) in [7, 11) is 0. The lowest BCUT2D eigenvalue weighted by molar-refractivity contribution is -0.139. The minimum Gasteiger partial charge on any atom is -0.480 e. The molecule has 0 bridgehead atoms. The smallest absolute Gasteiger partial charge is 0.330 e. The van der Waals surface area contributed by atoms with Crippen LogP contribution in [0.3, 0.4) is 0 Å². The van der Waals surface area contributed by atoms with Gasteiger partial charge in [-0.25, -0.2) is 4.79 Å². The Kier molecular flexibility index (Phi) is 1.30. The van der Waals surface area contributed by atoms with Crippen molar-refractivity contribution in [1.29, 1.82) is 0 Å². The van der Waals surface area contributed by atoms with Crippen LogP contribution in [0, 0.1) is 11.3 Å². The summed E-state index contributed by atoms with van der Waals surface area (Å²) in [4.78, 5) is 10.9. The number of allylic oxidation sites excluding steroid dienone is 2. The third kappa shape index (κ3) is 0.910. The largest absolute Gasteiger partial charge is 0.480 e. The van der Waals surface area contributed by atoms with E-state index in [2.05, 4.69) is 23.2 Å². The van der Waals surface area contributed by atoms with E-state index in [9.17, 15) is 4.79 Å². The van der Waals surface area contributed by atoms with Gasteiger partial charge >= 0.3 is 5.97 Å². The van der Waals surface area contributed by atoms with Crippen molar-refractivity contribution in [2.45, 2.75) is 31.8 Å². The lowest BCUT2D eigenvalue weighted by Gasteiger charge is -2.28. The maximum absolute atomic E-state index is 10.9. The third-order valence-corrected chi connectivity index (χ3v) is 3.72. The van der Waals surface area contributed by atoms with E-state index in [0.717, 1.165) is 12.8 Å². The van der Waals surface area contributed by atoms with Crippen LogP contribution in [0.1, 0.15) is 19.8 Å². The molecule has 0 aromatic carbocycles. The summed E-state index contributed by atoms with van der Waals surface area (Å²) in [6.07, 6.45) is 4.09. The van der Waals surface area contributed by atoms with E-state index in [1.165, 1.54) is 5.57 Å². The second-order valence-electron chi connectivity index (χ2n) is 4.74. The van der Waals surface area contributed by atoms with Crippen molar-refractivity contribution >= 4 is 5.97 Å². The van der Waals surface area contributed by atoms with Gasteiger partial charge in [-0.15, -0.1) is 0 Å². The van der Waals surface area contributed by atoms with Crippen molar-refractivity contribution in [1.82, 2.24) is 0 Å². The number of nitrogens with zero attached hydrogens (tertiary/aromatic N) is 2. The molecular formula is C10H12N2O2. The Morgan fingerprint density at radius 3 is 3.14 bits per heavy atom. The summed E-state index contributed by atoms with van der Waals surface area (Å²) < 4.78 is 0. The summed E-state index contributed by atoms with van der Waals surface area (Å²) in [6.45, 7) is 2.20. The van der Waals surface area contributed by atoms with Crippen LogP contribution in [0.4, 0.5) is 0 Å². The summed E-state index contributed by atoms with van der Waals surface area (Å²) in [6, 6.07) is -0.449. The molecule has 3 rings (SSSR count). The zero-order valence-corrected chi connectivity index (χ0v) is 7.97. The van der Waals surface area contributed by atoms with Gasteiger partial charge in [-0.1, -0.05) is 18.6 Å². The maximum Gasteiger partial charge on any atom is 0.330 e. The second kappa shape index (κ2) is 2.24. The molecule has 1 saturated carbocycles. The molecule has 1 heterocycles. The van der Waals surface area contributed by atoms with Gasteiger partial charge in [-0.3, -0.25) is 0 Å². The van der Waals surface area contributed by atoms with E-state index in [1.807, 2.05) is 0 Å². The van der Waals surface area contributed by atoms with Crippen molar-refractivity contribution in [2.75, 3.05) is 0 Å². The van der Waals surface area contributed by atoms with Gasteiger partial charge in [0.2, 0.25) is 0 Å². The normalized spacial score (nSPS) is 48.1. The van der Waals surface area contributed by atoms with Crippen molar-refractivity contribution in [3.63, 3.8) is 0 Å². The van der Waals surface area contributed by atoms with Gasteiger partial charge in [0.15, 0.2) is 6.04 Å². The zero-order valence-electron chi connectivity index (χ0n) is 7.97. The SMILES string of the molecule is CC12C=C1CC1C(C2)N=NC1C(=O)O. The van der Waals surface area contributed by atoms with Crippen LogP contribution in [-0.2, 0) is 4.79 Å². The second-order valence-corrected chi connectivity index (χ2v) is 4.74. The van der Waals surface area contributed by atoms with E-state index < -0.39 is 12.0 Å². The minimum absolute atomic E-state index is 0.120. The van der Waals surface area contributed by atoms with Gasteiger partial charge in [0.05, 0.1) is 6.04 Å². The molecule has 0 aromatic heterocycles. The van der Waals surface area contributed by atoms with Crippen molar-refractivity contribution in [3.8, 4) is 0 Å². The summed E-state index contributed by atoms with van der Waals surface area (Å²) in [5, 5.41) is 16.9. The molecule has 74 valence electrons. The van der Waals surface area contributed by atoms with Crippen LogP contribution < -0.4 is 0 Å². The molecule has 1 N–H and O–H groups in total. The fourth-order valence-corrected chi connectivity index (χ4v) is 2.73. The Balaban J connectivity index is 1.84. The number of carboxylic acid groups (broad SMARTS) is 1. The molecule has 4 heteroatoms. The number of hydrogen-bond donors (Lipinski definition) is 1. The quantitative estimate of drug-likeness (QED) is 0.642. The van der Waals surface area contributed by atoms with Crippen molar-refractivity contribution < 1.29 is 9.90 Å². The number of carbonyl (C=O) groups is 1. The van der Waals surface area contributed by atoms with E-state index in [1.54, 1.807) is 0 Å². The van der Waals surface area contributed by atoms with Crippen LogP contribution in [0.25, 0.3) is 0 Å². The molecule has 4 unspecified atom stereocenters. The monoisotopic (exact) mass is 192 g/mol. The zero-order chi connectivity index (χ0) is 9.92. The molecule has 0 spiro atoms. The molecule has 3 aliphatic rings. The predicted molar refractivity (Wildman–Crippen MR) is 49.0 cm³/mol.